The molecule has 0 radical (unpaired) electrons. The lowest BCUT2D eigenvalue weighted by molar-refractivity contribution is 0.0999. The van der Waals surface area contributed by atoms with E-state index in [1.807, 2.05) is 18.3 Å². The number of benzene rings is 1. The molecule has 1 amide bonds. The van der Waals surface area contributed by atoms with Gasteiger partial charge < -0.3 is 15.8 Å². The number of aromatic nitrogens is 3. The normalized spacial score (nSPS) is 14.9. The largest absolute Gasteiger partial charge is 0.492 e. The van der Waals surface area contributed by atoms with Crippen molar-refractivity contribution < 1.29 is 9.53 Å². The van der Waals surface area contributed by atoms with Crippen LogP contribution in [0.1, 0.15) is 30.1 Å². The van der Waals surface area contributed by atoms with Crippen molar-refractivity contribution in [1.29, 1.82) is 0 Å². The molecule has 0 spiro atoms. The molecule has 3 N–H and O–H groups in total. The summed E-state index contributed by atoms with van der Waals surface area (Å²) >= 11 is 0. The van der Waals surface area contributed by atoms with Gasteiger partial charge in [0.25, 0.3) is 0 Å². The molecule has 0 unspecified atom stereocenters. The molecule has 8 heteroatoms. The summed E-state index contributed by atoms with van der Waals surface area (Å²) in [6.45, 7) is 6.26. The minimum absolute atomic E-state index is 0.404. The van der Waals surface area contributed by atoms with Crippen LogP contribution in [0.15, 0.2) is 36.7 Å². The first kappa shape index (κ1) is 19.2. The number of rotatable bonds is 4. The van der Waals surface area contributed by atoms with Gasteiger partial charge >= 0.3 is 0 Å². The van der Waals surface area contributed by atoms with E-state index in [1.54, 1.807) is 22.8 Å². The lowest BCUT2D eigenvalue weighted by Gasteiger charge is -2.23. The summed E-state index contributed by atoms with van der Waals surface area (Å²) in [6, 6.07) is 7.28. The number of hydrogen-bond donors (Lipinski definition) is 2. The van der Waals surface area contributed by atoms with Gasteiger partial charge in [-0.15, -0.1) is 0 Å². The molecule has 0 saturated carbocycles. The van der Waals surface area contributed by atoms with Crippen LogP contribution in [0.5, 0.6) is 5.75 Å². The molecule has 0 aliphatic carbocycles. The molecule has 4 bridgehead atoms. The Morgan fingerprint density at radius 3 is 3.03 bits per heavy atom. The molecule has 1 aromatic carbocycles. The predicted octanol–water partition coefficient (Wildman–Crippen LogP) is 2.40. The molecule has 4 rings (SSSR count). The zero-order valence-corrected chi connectivity index (χ0v) is 16.6. The Morgan fingerprint density at radius 1 is 1.31 bits per heavy atom. The zero-order valence-electron chi connectivity index (χ0n) is 16.6. The number of anilines is 1. The molecule has 1 aliphatic heterocycles. The second kappa shape index (κ2) is 8.48. The number of carbonyl (C=O) groups excluding carboxylic acids is 1. The number of nitrogens with one attached hydrogen (secondary N) is 1. The molecule has 29 heavy (non-hydrogen) atoms. The number of primary amides is 1. The number of nitrogens with two attached hydrogens (primary N) is 1. The van der Waals surface area contributed by atoms with Crippen molar-refractivity contribution in [2.45, 2.75) is 19.8 Å². The first-order chi connectivity index (χ1) is 14.1. The van der Waals surface area contributed by atoms with Gasteiger partial charge in [-0.25, -0.2) is 9.50 Å². The van der Waals surface area contributed by atoms with E-state index in [0.29, 0.717) is 23.6 Å². The van der Waals surface area contributed by atoms with Crippen LogP contribution in [0.25, 0.3) is 16.8 Å². The molecular weight excluding hydrogens is 368 g/mol. The van der Waals surface area contributed by atoms with Gasteiger partial charge in [0, 0.05) is 37.0 Å². The fourth-order valence-electron chi connectivity index (χ4n) is 3.50. The summed E-state index contributed by atoms with van der Waals surface area (Å²) in [5.74, 6) is 0.931. The van der Waals surface area contributed by atoms with E-state index in [0.717, 1.165) is 56.0 Å². The van der Waals surface area contributed by atoms with Gasteiger partial charge in [0.05, 0.1) is 6.20 Å². The predicted molar refractivity (Wildman–Crippen MR) is 112 cm³/mol. The van der Waals surface area contributed by atoms with E-state index in [4.69, 9.17) is 15.5 Å². The van der Waals surface area contributed by atoms with Gasteiger partial charge in [0.2, 0.25) is 5.91 Å². The van der Waals surface area contributed by atoms with Gasteiger partial charge in [0.1, 0.15) is 18.2 Å². The number of hydrogen-bond acceptors (Lipinski definition) is 6. The highest BCUT2D eigenvalue weighted by atomic mass is 16.5. The van der Waals surface area contributed by atoms with Crippen molar-refractivity contribution in [2.24, 2.45) is 5.73 Å². The Kier molecular flexibility index (Phi) is 5.62. The maximum absolute atomic E-state index is 11.9. The number of nitrogens with zero attached hydrogens (tertiary/aromatic N) is 4. The van der Waals surface area contributed by atoms with Gasteiger partial charge in [0.15, 0.2) is 5.65 Å². The van der Waals surface area contributed by atoms with Crippen molar-refractivity contribution in [3.8, 4) is 16.9 Å². The third-order valence-corrected chi connectivity index (χ3v) is 5.11. The van der Waals surface area contributed by atoms with Crippen LogP contribution in [-0.2, 0) is 0 Å². The molecule has 1 aliphatic rings. The number of fused-ring (bicyclic) bond motifs is 4. The Morgan fingerprint density at radius 2 is 2.21 bits per heavy atom. The third kappa shape index (κ3) is 4.32. The van der Waals surface area contributed by atoms with E-state index < -0.39 is 5.91 Å². The summed E-state index contributed by atoms with van der Waals surface area (Å²) in [6.07, 6.45) is 5.92. The Balaban J connectivity index is 1.75. The first-order valence-electron chi connectivity index (χ1n) is 10.0. The molecule has 3 heterocycles. The minimum atomic E-state index is -0.492. The summed E-state index contributed by atoms with van der Waals surface area (Å²) < 4.78 is 7.72. The molecule has 2 aromatic heterocycles. The molecule has 8 nitrogen and oxygen atoms in total. The van der Waals surface area contributed by atoms with E-state index in [-0.39, 0.29) is 0 Å². The van der Waals surface area contributed by atoms with Gasteiger partial charge in [-0.1, -0.05) is 13.3 Å². The van der Waals surface area contributed by atoms with E-state index in [9.17, 15) is 4.79 Å². The van der Waals surface area contributed by atoms with Crippen molar-refractivity contribution in [2.75, 3.05) is 38.1 Å². The zero-order chi connectivity index (χ0) is 20.2. The van der Waals surface area contributed by atoms with E-state index in [2.05, 4.69) is 22.2 Å². The Hall–Kier alpha value is -3.13. The number of unbranched alkanes of at least 4 members (excludes halogenated alkanes) is 1. The Labute approximate surface area is 169 Å². The molecule has 152 valence electrons. The molecule has 3 aromatic rings. The monoisotopic (exact) mass is 394 g/mol. The van der Waals surface area contributed by atoms with Crippen molar-refractivity contribution in [3.05, 3.63) is 42.2 Å². The summed E-state index contributed by atoms with van der Waals surface area (Å²) in [5.41, 5.74) is 8.29. The van der Waals surface area contributed by atoms with Crippen LogP contribution in [0.2, 0.25) is 0 Å². The standard InChI is InChI=1S/C21H26N6O2/c1-2-3-6-26-8-5-23-19-4-7-27-21(25-19)18(14-24-27)15-11-16(20(22)28)13-17(12-15)29-10-9-26/h4,7,11-14H,2-3,5-6,8-10H2,1H3,(H2,22,28)(H,23,25). The average molecular weight is 394 g/mol. The second-order valence-corrected chi connectivity index (χ2v) is 7.22. The van der Waals surface area contributed by atoms with Crippen LogP contribution in [0, 0.1) is 0 Å². The molecule has 0 saturated heterocycles. The van der Waals surface area contributed by atoms with Crippen molar-refractivity contribution in [1.82, 2.24) is 19.5 Å². The van der Waals surface area contributed by atoms with Crippen molar-refractivity contribution in [3.63, 3.8) is 0 Å². The SMILES string of the molecule is CCCCN1CCNc2ccn3ncc(c3n2)-c2cc(cc(C(N)=O)c2)OCC1. The van der Waals surface area contributed by atoms with Crippen LogP contribution in [-0.4, -0.2) is 58.2 Å². The lowest BCUT2D eigenvalue weighted by Crippen LogP contribution is -2.33. The average Bonchev–Trinajstić information content (AvgIpc) is 3.14. The van der Waals surface area contributed by atoms with Crippen LogP contribution in [0.4, 0.5) is 5.82 Å². The van der Waals surface area contributed by atoms with Gasteiger partial charge in [-0.3, -0.25) is 9.69 Å². The second-order valence-electron chi connectivity index (χ2n) is 7.22. The summed E-state index contributed by atoms with van der Waals surface area (Å²) in [4.78, 5) is 19.0. The summed E-state index contributed by atoms with van der Waals surface area (Å²) in [7, 11) is 0. The summed E-state index contributed by atoms with van der Waals surface area (Å²) in [5, 5.41) is 7.79. The smallest absolute Gasteiger partial charge is 0.248 e. The fourth-order valence-corrected chi connectivity index (χ4v) is 3.50. The first-order valence-corrected chi connectivity index (χ1v) is 10.0. The van der Waals surface area contributed by atoms with Gasteiger partial charge in [-0.05, 0) is 42.8 Å². The number of ether oxygens (including phenoxy) is 1. The van der Waals surface area contributed by atoms with E-state index >= 15 is 0 Å². The van der Waals surface area contributed by atoms with Crippen molar-refractivity contribution >= 4 is 17.4 Å². The Bertz CT molecular complexity index is 1020. The highest BCUT2D eigenvalue weighted by Crippen LogP contribution is 2.29. The number of carbonyl (C=O) groups is 1. The van der Waals surface area contributed by atoms with Crippen LogP contribution >= 0.6 is 0 Å². The number of amides is 1. The fraction of sp³-hybridized carbons (Fsp3) is 0.381. The maximum atomic E-state index is 11.9. The topological polar surface area (TPSA) is 97.8 Å². The minimum Gasteiger partial charge on any atom is -0.492 e. The molecular formula is C21H26N6O2. The van der Waals surface area contributed by atoms with Gasteiger partial charge in [-0.2, -0.15) is 5.10 Å². The highest BCUT2D eigenvalue weighted by Gasteiger charge is 2.15. The quantitative estimate of drug-likeness (QED) is 0.705. The molecule has 0 fully saturated rings. The lowest BCUT2D eigenvalue weighted by atomic mass is 10.0. The van der Waals surface area contributed by atoms with E-state index in [1.165, 1.54) is 0 Å². The third-order valence-electron chi connectivity index (χ3n) is 5.11. The highest BCUT2D eigenvalue weighted by molar-refractivity contribution is 5.95. The maximum Gasteiger partial charge on any atom is 0.248 e. The van der Waals surface area contributed by atoms with Crippen LogP contribution in [0.3, 0.4) is 0 Å². The molecule has 0 atom stereocenters. The van der Waals surface area contributed by atoms with Crippen LogP contribution < -0.4 is 15.8 Å².